The SMILES string of the molecule is CCOc1ccccc1O[C@@H]1CCCN(c2cncc(Nc3nccc(N4CCC(C(C)(C)C(=O)O)CC4)n3)n2)C1. The molecule has 0 amide bonds. The Bertz CT molecular complexity index is 1330. The molecule has 2 saturated heterocycles. The van der Waals surface area contributed by atoms with Crippen molar-refractivity contribution in [1.29, 1.82) is 0 Å². The van der Waals surface area contributed by atoms with Crippen molar-refractivity contribution < 1.29 is 19.4 Å². The Morgan fingerprint density at radius 3 is 2.56 bits per heavy atom. The Morgan fingerprint density at radius 1 is 1.02 bits per heavy atom. The van der Waals surface area contributed by atoms with Gasteiger partial charge in [0.25, 0.3) is 0 Å². The molecule has 0 radical (unpaired) electrons. The average Bonchev–Trinajstić information content (AvgIpc) is 2.99. The van der Waals surface area contributed by atoms with Crippen LogP contribution in [0.15, 0.2) is 48.9 Å². The number of carboxylic acid groups (broad SMARTS) is 1. The van der Waals surface area contributed by atoms with Crippen LogP contribution in [0, 0.1) is 11.3 Å². The lowest BCUT2D eigenvalue weighted by atomic mass is 9.74. The Morgan fingerprint density at radius 2 is 1.80 bits per heavy atom. The summed E-state index contributed by atoms with van der Waals surface area (Å²) in [5.74, 6) is 3.48. The monoisotopic (exact) mass is 561 g/mol. The summed E-state index contributed by atoms with van der Waals surface area (Å²) < 4.78 is 12.1. The van der Waals surface area contributed by atoms with Crippen LogP contribution in [0.2, 0.25) is 0 Å². The molecule has 0 bridgehead atoms. The van der Waals surface area contributed by atoms with E-state index in [9.17, 15) is 9.90 Å². The molecular formula is C30H39N7O4. The maximum absolute atomic E-state index is 11.7. The number of piperidine rings is 2. The number of carboxylic acids is 1. The van der Waals surface area contributed by atoms with Gasteiger partial charge in [0, 0.05) is 25.8 Å². The van der Waals surface area contributed by atoms with Crippen LogP contribution in [-0.4, -0.2) is 69.9 Å². The summed E-state index contributed by atoms with van der Waals surface area (Å²) in [7, 11) is 0. The van der Waals surface area contributed by atoms with Gasteiger partial charge in [-0.05, 0) is 70.6 Å². The molecule has 2 aliphatic rings. The minimum absolute atomic E-state index is 0.00833. The smallest absolute Gasteiger partial charge is 0.309 e. The van der Waals surface area contributed by atoms with E-state index in [4.69, 9.17) is 19.4 Å². The Balaban J connectivity index is 1.21. The Kier molecular flexibility index (Phi) is 8.70. The highest BCUT2D eigenvalue weighted by molar-refractivity contribution is 5.74. The van der Waals surface area contributed by atoms with Gasteiger partial charge in [0.15, 0.2) is 17.3 Å². The first kappa shape index (κ1) is 28.4. The second-order valence-electron chi connectivity index (χ2n) is 11.1. The maximum atomic E-state index is 11.7. The molecular weight excluding hydrogens is 522 g/mol. The highest BCUT2D eigenvalue weighted by atomic mass is 16.5. The molecule has 2 N–H and O–H groups in total. The molecule has 0 unspecified atom stereocenters. The third-order valence-corrected chi connectivity index (χ3v) is 8.04. The van der Waals surface area contributed by atoms with E-state index in [2.05, 4.69) is 25.1 Å². The lowest BCUT2D eigenvalue weighted by molar-refractivity contribution is -0.150. The van der Waals surface area contributed by atoms with Crippen LogP contribution >= 0.6 is 0 Å². The van der Waals surface area contributed by atoms with E-state index in [0.717, 1.165) is 68.5 Å². The van der Waals surface area contributed by atoms with Gasteiger partial charge in [-0.15, -0.1) is 0 Å². The van der Waals surface area contributed by atoms with Crippen LogP contribution < -0.4 is 24.6 Å². The topological polar surface area (TPSA) is 126 Å². The number of anilines is 4. The van der Waals surface area contributed by atoms with Gasteiger partial charge in [0.2, 0.25) is 5.95 Å². The highest BCUT2D eigenvalue weighted by Gasteiger charge is 2.38. The quantitative estimate of drug-likeness (QED) is 0.355. The molecule has 2 fully saturated rings. The molecule has 41 heavy (non-hydrogen) atoms. The predicted octanol–water partition coefficient (Wildman–Crippen LogP) is 4.78. The number of aromatic nitrogens is 4. The lowest BCUT2D eigenvalue weighted by Gasteiger charge is -2.38. The number of aliphatic carboxylic acids is 1. The van der Waals surface area contributed by atoms with Crippen molar-refractivity contribution in [3.05, 3.63) is 48.9 Å². The summed E-state index contributed by atoms with van der Waals surface area (Å²) in [4.78, 5) is 34.4. The van der Waals surface area contributed by atoms with Crippen LogP contribution in [-0.2, 0) is 4.79 Å². The first-order valence-electron chi connectivity index (χ1n) is 14.4. The number of para-hydroxylation sites is 2. The minimum atomic E-state index is -0.743. The number of carbonyl (C=O) groups is 1. The van der Waals surface area contributed by atoms with Gasteiger partial charge in [-0.3, -0.25) is 9.78 Å². The van der Waals surface area contributed by atoms with Gasteiger partial charge < -0.3 is 29.7 Å². The van der Waals surface area contributed by atoms with E-state index in [1.807, 2.05) is 51.1 Å². The highest BCUT2D eigenvalue weighted by Crippen LogP contribution is 2.36. The standard InChI is InChI=1S/C30H39N7O4/c1-4-40-23-9-5-6-10-24(23)41-22-8-7-15-37(20-22)27-19-31-18-25(33-27)34-29-32-14-11-26(35-29)36-16-12-21(13-17-36)30(2,3)28(38)39/h5-6,9-11,14,18-19,21-22H,4,7-8,12-13,15-17,20H2,1-3H3,(H,38,39)(H,32,33,34,35)/t22-/m1/s1. The van der Waals surface area contributed by atoms with E-state index >= 15 is 0 Å². The molecule has 2 aliphatic heterocycles. The second-order valence-corrected chi connectivity index (χ2v) is 11.1. The molecule has 11 heteroatoms. The second kappa shape index (κ2) is 12.6. The largest absolute Gasteiger partial charge is 0.490 e. The van der Waals surface area contributed by atoms with Crippen LogP contribution in [0.1, 0.15) is 46.5 Å². The first-order chi connectivity index (χ1) is 19.8. The van der Waals surface area contributed by atoms with Gasteiger partial charge >= 0.3 is 5.97 Å². The summed E-state index contributed by atoms with van der Waals surface area (Å²) in [6, 6.07) is 9.66. The van der Waals surface area contributed by atoms with Crippen molar-refractivity contribution >= 4 is 29.4 Å². The van der Waals surface area contributed by atoms with Gasteiger partial charge in [-0.25, -0.2) is 9.97 Å². The summed E-state index contributed by atoms with van der Waals surface area (Å²) >= 11 is 0. The zero-order chi connectivity index (χ0) is 28.8. The number of hydrogen-bond acceptors (Lipinski definition) is 10. The molecule has 218 valence electrons. The van der Waals surface area contributed by atoms with E-state index in [0.29, 0.717) is 24.9 Å². The number of hydrogen-bond donors (Lipinski definition) is 2. The molecule has 0 spiro atoms. The predicted molar refractivity (Wildman–Crippen MR) is 157 cm³/mol. The Labute approximate surface area is 241 Å². The van der Waals surface area contributed by atoms with Gasteiger partial charge in [0.05, 0.1) is 31.0 Å². The maximum Gasteiger partial charge on any atom is 0.309 e. The molecule has 1 atom stereocenters. The van der Waals surface area contributed by atoms with E-state index in [-0.39, 0.29) is 12.0 Å². The molecule has 5 rings (SSSR count). The zero-order valence-electron chi connectivity index (χ0n) is 24.0. The van der Waals surface area contributed by atoms with E-state index in [1.165, 1.54) is 0 Å². The van der Waals surface area contributed by atoms with Crippen LogP contribution in [0.25, 0.3) is 0 Å². The average molecular weight is 562 g/mol. The number of nitrogens with one attached hydrogen (secondary N) is 1. The van der Waals surface area contributed by atoms with Gasteiger partial charge in [0.1, 0.15) is 17.7 Å². The van der Waals surface area contributed by atoms with Crippen molar-refractivity contribution in [3.63, 3.8) is 0 Å². The third kappa shape index (κ3) is 6.78. The van der Waals surface area contributed by atoms with Gasteiger partial charge in [-0.1, -0.05) is 12.1 Å². The van der Waals surface area contributed by atoms with Crippen molar-refractivity contribution in [1.82, 2.24) is 19.9 Å². The number of nitrogens with zero attached hydrogens (tertiary/aromatic N) is 6. The summed E-state index contributed by atoms with van der Waals surface area (Å²) in [5, 5.41) is 12.8. The molecule has 3 aromatic rings. The number of ether oxygens (including phenoxy) is 2. The fourth-order valence-electron chi connectivity index (χ4n) is 5.52. The van der Waals surface area contributed by atoms with E-state index in [1.54, 1.807) is 18.6 Å². The normalized spacial score (nSPS) is 18.2. The van der Waals surface area contributed by atoms with Crippen molar-refractivity contribution in [2.45, 2.75) is 52.6 Å². The molecule has 2 aromatic heterocycles. The molecule has 11 nitrogen and oxygen atoms in total. The van der Waals surface area contributed by atoms with Crippen LogP contribution in [0.3, 0.4) is 0 Å². The van der Waals surface area contributed by atoms with Crippen LogP contribution in [0.4, 0.5) is 23.4 Å². The molecule has 0 saturated carbocycles. The molecule has 4 heterocycles. The number of rotatable bonds is 10. The van der Waals surface area contributed by atoms with Crippen LogP contribution in [0.5, 0.6) is 11.5 Å². The minimum Gasteiger partial charge on any atom is -0.490 e. The van der Waals surface area contributed by atoms with Crippen molar-refractivity contribution in [3.8, 4) is 11.5 Å². The van der Waals surface area contributed by atoms with Gasteiger partial charge in [-0.2, -0.15) is 4.98 Å². The summed E-state index contributed by atoms with van der Waals surface area (Å²) in [6.45, 7) is 9.24. The third-order valence-electron chi connectivity index (χ3n) is 8.04. The summed E-state index contributed by atoms with van der Waals surface area (Å²) in [6.07, 6.45) is 8.70. The molecule has 0 aliphatic carbocycles. The van der Waals surface area contributed by atoms with Crippen molar-refractivity contribution in [2.75, 3.05) is 47.9 Å². The first-order valence-corrected chi connectivity index (χ1v) is 14.4. The fraction of sp³-hybridized carbons (Fsp3) is 0.500. The summed E-state index contributed by atoms with van der Waals surface area (Å²) in [5.41, 5.74) is -0.734. The Hall–Kier alpha value is -4.15. The van der Waals surface area contributed by atoms with Crippen molar-refractivity contribution in [2.24, 2.45) is 11.3 Å². The fourth-order valence-corrected chi connectivity index (χ4v) is 5.52. The van der Waals surface area contributed by atoms with E-state index < -0.39 is 11.4 Å². The molecule has 1 aromatic carbocycles. The number of benzene rings is 1. The lowest BCUT2D eigenvalue weighted by Crippen LogP contribution is -2.42. The zero-order valence-corrected chi connectivity index (χ0v) is 24.0.